The van der Waals surface area contributed by atoms with E-state index in [9.17, 15) is 0 Å². The van der Waals surface area contributed by atoms with Gasteiger partial charge in [-0.05, 0) is 36.4 Å². The summed E-state index contributed by atoms with van der Waals surface area (Å²) in [7, 11) is 0. The fraction of sp³-hybridized carbons (Fsp3) is 0.286. The largest absolute Gasteiger partial charge is 0.368 e. The zero-order valence-electron chi connectivity index (χ0n) is 10.8. The Balaban J connectivity index is 1.64. The van der Waals surface area contributed by atoms with E-state index in [1.54, 1.807) is 6.07 Å². The lowest BCUT2D eigenvalue weighted by Crippen LogP contribution is -2.46. The molecule has 1 aliphatic heterocycles. The molecule has 1 saturated heterocycles. The Morgan fingerprint density at radius 1 is 0.750 bits per heavy atom. The van der Waals surface area contributed by atoms with Crippen LogP contribution in [0.15, 0.2) is 36.4 Å². The van der Waals surface area contributed by atoms with Crippen LogP contribution in [0.2, 0.25) is 10.2 Å². The number of hydrogen-bond donors (Lipinski definition) is 0. The second-order valence-corrected chi connectivity index (χ2v) is 5.49. The maximum absolute atomic E-state index is 5.91. The van der Waals surface area contributed by atoms with Crippen molar-refractivity contribution >= 4 is 34.7 Å². The highest BCUT2D eigenvalue weighted by Crippen LogP contribution is 2.21. The molecule has 1 aliphatic rings. The predicted molar refractivity (Wildman–Crippen MR) is 82.9 cm³/mol. The molecular weight excluding hydrogens is 295 g/mol. The average Bonchev–Trinajstić information content (AvgIpc) is 2.49. The minimum Gasteiger partial charge on any atom is -0.368 e. The fourth-order valence-electron chi connectivity index (χ4n) is 2.32. The second kappa shape index (κ2) is 5.85. The zero-order valence-corrected chi connectivity index (χ0v) is 12.3. The van der Waals surface area contributed by atoms with Crippen molar-refractivity contribution < 1.29 is 0 Å². The summed E-state index contributed by atoms with van der Waals surface area (Å²) >= 11 is 11.7. The number of nitrogens with zero attached hydrogens (tertiary/aromatic N) is 4. The lowest BCUT2D eigenvalue weighted by atomic mass is 10.2. The molecule has 4 nitrogen and oxygen atoms in total. The van der Waals surface area contributed by atoms with Gasteiger partial charge < -0.3 is 9.80 Å². The smallest absolute Gasteiger partial charge is 0.151 e. The molecule has 0 radical (unpaired) electrons. The Kier molecular flexibility index (Phi) is 3.94. The van der Waals surface area contributed by atoms with Crippen molar-refractivity contribution in [3.05, 3.63) is 46.6 Å². The number of rotatable bonds is 2. The summed E-state index contributed by atoms with van der Waals surface area (Å²) in [6, 6.07) is 11.6. The highest BCUT2D eigenvalue weighted by molar-refractivity contribution is 6.30. The molecule has 1 fully saturated rings. The van der Waals surface area contributed by atoms with Crippen molar-refractivity contribution in [2.45, 2.75) is 0 Å². The molecule has 104 valence electrons. The third kappa shape index (κ3) is 2.97. The minimum atomic E-state index is 0.425. The maximum Gasteiger partial charge on any atom is 0.151 e. The van der Waals surface area contributed by atoms with Crippen molar-refractivity contribution in [3.8, 4) is 0 Å². The topological polar surface area (TPSA) is 32.3 Å². The van der Waals surface area contributed by atoms with E-state index in [1.807, 2.05) is 18.2 Å². The molecule has 6 heteroatoms. The molecule has 2 aromatic rings. The Hall–Kier alpha value is -1.52. The number of benzene rings is 1. The standard InChI is InChI=1S/C14H14Cl2N4/c15-11-1-3-12(4-2-11)19-7-9-20(10-8-19)14-6-5-13(16)17-18-14/h1-6H,7-10H2. The van der Waals surface area contributed by atoms with Crippen molar-refractivity contribution in [1.82, 2.24) is 10.2 Å². The average molecular weight is 309 g/mol. The van der Waals surface area contributed by atoms with Crippen molar-refractivity contribution in [2.24, 2.45) is 0 Å². The van der Waals surface area contributed by atoms with Gasteiger partial charge in [-0.1, -0.05) is 23.2 Å². The second-order valence-electron chi connectivity index (χ2n) is 4.66. The normalized spacial score (nSPS) is 15.5. The molecule has 20 heavy (non-hydrogen) atoms. The van der Waals surface area contributed by atoms with Gasteiger partial charge in [0.1, 0.15) is 0 Å². The van der Waals surface area contributed by atoms with Crippen LogP contribution in [0.25, 0.3) is 0 Å². The van der Waals surface area contributed by atoms with E-state index in [0.29, 0.717) is 5.15 Å². The molecule has 3 rings (SSSR count). The zero-order chi connectivity index (χ0) is 13.9. The first kappa shape index (κ1) is 13.5. The summed E-state index contributed by atoms with van der Waals surface area (Å²) < 4.78 is 0. The van der Waals surface area contributed by atoms with Gasteiger partial charge in [-0.3, -0.25) is 0 Å². The van der Waals surface area contributed by atoms with Crippen LogP contribution >= 0.6 is 23.2 Å². The quantitative estimate of drug-likeness (QED) is 0.853. The van der Waals surface area contributed by atoms with Crippen LogP contribution in [0.5, 0.6) is 0 Å². The summed E-state index contributed by atoms with van der Waals surface area (Å²) in [4.78, 5) is 4.56. The van der Waals surface area contributed by atoms with Crippen molar-refractivity contribution in [2.75, 3.05) is 36.0 Å². The molecule has 0 atom stereocenters. The third-order valence-corrected chi connectivity index (χ3v) is 3.87. The molecule has 0 bridgehead atoms. The summed E-state index contributed by atoms with van der Waals surface area (Å²) in [5.74, 6) is 0.880. The van der Waals surface area contributed by atoms with Crippen LogP contribution in [0.4, 0.5) is 11.5 Å². The first-order valence-corrected chi connectivity index (χ1v) is 7.23. The lowest BCUT2D eigenvalue weighted by Gasteiger charge is -2.36. The van der Waals surface area contributed by atoms with Crippen LogP contribution in [-0.4, -0.2) is 36.4 Å². The van der Waals surface area contributed by atoms with Crippen molar-refractivity contribution in [3.63, 3.8) is 0 Å². The van der Waals surface area contributed by atoms with Crippen LogP contribution in [0.1, 0.15) is 0 Å². The van der Waals surface area contributed by atoms with E-state index in [4.69, 9.17) is 23.2 Å². The first-order valence-electron chi connectivity index (χ1n) is 6.47. The molecule has 0 amide bonds. The highest BCUT2D eigenvalue weighted by Gasteiger charge is 2.18. The number of hydrogen-bond acceptors (Lipinski definition) is 4. The van der Waals surface area contributed by atoms with Crippen LogP contribution in [0.3, 0.4) is 0 Å². The molecule has 1 aromatic carbocycles. The Bertz CT molecular complexity index is 509. The molecule has 0 spiro atoms. The molecule has 2 heterocycles. The Morgan fingerprint density at radius 2 is 1.40 bits per heavy atom. The summed E-state index contributed by atoms with van der Waals surface area (Å²) in [6.07, 6.45) is 0. The number of piperazine rings is 1. The number of aromatic nitrogens is 2. The summed E-state index contributed by atoms with van der Waals surface area (Å²) in [6.45, 7) is 3.73. The SMILES string of the molecule is Clc1ccc(N2CCN(c3ccc(Cl)nn3)CC2)cc1. The van der Waals surface area contributed by atoms with E-state index in [1.165, 1.54) is 5.69 Å². The van der Waals surface area contributed by atoms with Gasteiger partial charge >= 0.3 is 0 Å². The van der Waals surface area contributed by atoms with E-state index in [2.05, 4.69) is 32.1 Å². The van der Waals surface area contributed by atoms with Gasteiger partial charge in [-0.25, -0.2) is 0 Å². The van der Waals surface area contributed by atoms with E-state index in [-0.39, 0.29) is 0 Å². The van der Waals surface area contributed by atoms with Crippen LogP contribution in [0, 0.1) is 0 Å². The van der Waals surface area contributed by atoms with Crippen LogP contribution in [-0.2, 0) is 0 Å². The van der Waals surface area contributed by atoms with E-state index in [0.717, 1.165) is 37.0 Å². The van der Waals surface area contributed by atoms with Gasteiger partial charge in [-0.2, -0.15) is 0 Å². The van der Waals surface area contributed by atoms with Crippen molar-refractivity contribution in [1.29, 1.82) is 0 Å². The third-order valence-electron chi connectivity index (χ3n) is 3.41. The summed E-state index contributed by atoms with van der Waals surface area (Å²) in [5, 5.41) is 9.20. The molecule has 0 saturated carbocycles. The van der Waals surface area contributed by atoms with Gasteiger partial charge in [0, 0.05) is 36.9 Å². The Labute approximate surface area is 127 Å². The minimum absolute atomic E-state index is 0.425. The van der Waals surface area contributed by atoms with Gasteiger partial charge in [0.2, 0.25) is 0 Å². The number of anilines is 2. The summed E-state index contributed by atoms with van der Waals surface area (Å²) in [5.41, 5.74) is 1.20. The maximum atomic E-state index is 5.91. The molecule has 0 N–H and O–H groups in total. The molecule has 1 aromatic heterocycles. The lowest BCUT2D eigenvalue weighted by molar-refractivity contribution is 0.643. The predicted octanol–water partition coefficient (Wildman–Crippen LogP) is 3.11. The highest BCUT2D eigenvalue weighted by atomic mass is 35.5. The van der Waals surface area contributed by atoms with Gasteiger partial charge in [0.05, 0.1) is 0 Å². The monoisotopic (exact) mass is 308 g/mol. The van der Waals surface area contributed by atoms with Crippen LogP contribution < -0.4 is 9.80 Å². The first-order chi connectivity index (χ1) is 9.72. The molecular formula is C14H14Cl2N4. The fourth-order valence-corrected chi connectivity index (χ4v) is 2.55. The van der Waals surface area contributed by atoms with Gasteiger partial charge in [0.15, 0.2) is 11.0 Å². The van der Waals surface area contributed by atoms with E-state index >= 15 is 0 Å². The van der Waals surface area contributed by atoms with E-state index < -0.39 is 0 Å². The number of halogens is 2. The van der Waals surface area contributed by atoms with Gasteiger partial charge in [0.25, 0.3) is 0 Å². The molecule has 0 aliphatic carbocycles. The Morgan fingerprint density at radius 3 is 2.00 bits per heavy atom. The van der Waals surface area contributed by atoms with Gasteiger partial charge in [-0.15, -0.1) is 10.2 Å². The molecule has 0 unspecified atom stereocenters.